The number of hydrogen-bond acceptors (Lipinski definition) is 5. The molecule has 0 radical (unpaired) electrons. The van der Waals surface area contributed by atoms with Crippen LogP contribution in [0.1, 0.15) is 13.8 Å². The third kappa shape index (κ3) is 3.07. The Labute approximate surface area is 101 Å². The van der Waals surface area contributed by atoms with Crippen LogP contribution in [0.4, 0.5) is 17.1 Å². The van der Waals surface area contributed by atoms with Gasteiger partial charge in [-0.2, -0.15) is 0 Å². The van der Waals surface area contributed by atoms with Crippen molar-refractivity contribution in [3.8, 4) is 0 Å². The molecule has 0 saturated heterocycles. The number of hydrogen-bond donors (Lipinski definition) is 2. The van der Waals surface area contributed by atoms with Gasteiger partial charge in [0.25, 0.3) is 0 Å². The molecular formula is C11H18N4O2. The Balaban J connectivity index is 3.18. The summed E-state index contributed by atoms with van der Waals surface area (Å²) in [6.07, 6.45) is 0. The van der Waals surface area contributed by atoms with Crippen LogP contribution in [0.25, 0.3) is 0 Å². The van der Waals surface area contributed by atoms with E-state index in [1.165, 1.54) is 0 Å². The number of nitrogens with one attached hydrogen (secondary N) is 1. The summed E-state index contributed by atoms with van der Waals surface area (Å²) in [4.78, 5) is 12.5. The topological polar surface area (TPSA) is 84.4 Å². The van der Waals surface area contributed by atoms with E-state index in [0.29, 0.717) is 17.3 Å². The molecule has 17 heavy (non-hydrogen) atoms. The molecule has 0 bridgehead atoms. The number of nitro benzene ring substituents is 1. The van der Waals surface area contributed by atoms with Crippen LogP contribution in [0.3, 0.4) is 0 Å². The molecule has 3 N–H and O–H groups in total. The average Bonchev–Trinajstić information content (AvgIpc) is 2.26. The minimum atomic E-state index is -0.415. The molecule has 0 saturated carbocycles. The van der Waals surface area contributed by atoms with E-state index in [0.717, 1.165) is 6.54 Å². The summed E-state index contributed by atoms with van der Waals surface area (Å²) < 4.78 is 0. The largest absolute Gasteiger partial charge is 0.369 e. The lowest BCUT2D eigenvalue weighted by Crippen LogP contribution is -2.24. The van der Waals surface area contributed by atoms with Gasteiger partial charge < -0.3 is 10.3 Å². The zero-order chi connectivity index (χ0) is 13.0. The van der Waals surface area contributed by atoms with Crippen LogP contribution >= 0.6 is 0 Å². The van der Waals surface area contributed by atoms with Crippen LogP contribution < -0.4 is 16.2 Å². The summed E-state index contributed by atoms with van der Waals surface area (Å²) in [6.45, 7) is 4.87. The molecule has 0 amide bonds. The number of nitro groups is 1. The maximum atomic E-state index is 11.1. The van der Waals surface area contributed by atoms with Crippen molar-refractivity contribution < 1.29 is 4.92 Å². The van der Waals surface area contributed by atoms with Crippen LogP contribution in [-0.2, 0) is 0 Å². The number of nitrogens with zero attached hydrogens (tertiary/aromatic N) is 2. The second-order valence-electron chi connectivity index (χ2n) is 4.35. The molecule has 0 spiro atoms. The number of nitrogens with two attached hydrogens (primary N) is 1. The fourth-order valence-electron chi connectivity index (χ4n) is 1.79. The first kappa shape index (κ1) is 13.2. The monoisotopic (exact) mass is 238 g/mol. The Morgan fingerprint density at radius 3 is 2.65 bits per heavy atom. The van der Waals surface area contributed by atoms with Crippen LogP contribution in [0.5, 0.6) is 0 Å². The highest BCUT2D eigenvalue weighted by molar-refractivity contribution is 5.76. The van der Waals surface area contributed by atoms with Crippen molar-refractivity contribution in [2.45, 2.75) is 13.8 Å². The van der Waals surface area contributed by atoms with Gasteiger partial charge in [-0.05, 0) is 18.1 Å². The SMILES string of the molecule is CC(C)CN(C)c1cccc(NN)c1[N+](=O)[O-]. The fourth-order valence-corrected chi connectivity index (χ4v) is 1.79. The maximum Gasteiger partial charge on any atom is 0.316 e. The molecular weight excluding hydrogens is 220 g/mol. The Hall–Kier alpha value is -1.82. The Morgan fingerprint density at radius 2 is 2.18 bits per heavy atom. The maximum absolute atomic E-state index is 11.1. The minimum absolute atomic E-state index is 0.0122. The zero-order valence-corrected chi connectivity index (χ0v) is 10.3. The predicted molar refractivity (Wildman–Crippen MR) is 69.0 cm³/mol. The van der Waals surface area contributed by atoms with Crippen molar-refractivity contribution in [1.29, 1.82) is 0 Å². The number of nitrogen functional groups attached to an aromatic ring is 1. The highest BCUT2D eigenvalue weighted by Crippen LogP contribution is 2.34. The molecule has 0 aliphatic rings. The Morgan fingerprint density at radius 1 is 1.53 bits per heavy atom. The Kier molecular flexibility index (Phi) is 4.28. The van der Waals surface area contributed by atoms with Gasteiger partial charge in [0, 0.05) is 13.6 Å². The average molecular weight is 238 g/mol. The molecule has 1 rings (SSSR count). The molecule has 0 heterocycles. The highest BCUT2D eigenvalue weighted by atomic mass is 16.6. The van der Waals surface area contributed by atoms with Crippen molar-refractivity contribution >= 4 is 17.1 Å². The van der Waals surface area contributed by atoms with Crippen molar-refractivity contribution in [2.75, 3.05) is 23.9 Å². The molecule has 0 atom stereocenters. The van der Waals surface area contributed by atoms with E-state index < -0.39 is 4.92 Å². The summed E-state index contributed by atoms with van der Waals surface area (Å²) in [5, 5.41) is 11.1. The first-order chi connectivity index (χ1) is 7.97. The lowest BCUT2D eigenvalue weighted by molar-refractivity contribution is -0.383. The molecule has 1 aromatic carbocycles. The summed E-state index contributed by atoms with van der Waals surface area (Å²) in [5.74, 6) is 5.71. The molecule has 94 valence electrons. The highest BCUT2D eigenvalue weighted by Gasteiger charge is 2.21. The summed E-state index contributed by atoms with van der Waals surface area (Å²) >= 11 is 0. The van der Waals surface area contributed by atoms with Crippen molar-refractivity contribution in [1.82, 2.24) is 0 Å². The van der Waals surface area contributed by atoms with Gasteiger partial charge in [0.2, 0.25) is 0 Å². The Bertz CT molecular complexity index is 406. The molecule has 0 unspecified atom stereocenters. The number of hydrazine groups is 1. The molecule has 0 aliphatic carbocycles. The summed E-state index contributed by atoms with van der Waals surface area (Å²) in [5.41, 5.74) is 3.26. The quantitative estimate of drug-likeness (QED) is 0.465. The van der Waals surface area contributed by atoms with Crippen LogP contribution in [0.15, 0.2) is 18.2 Å². The van der Waals surface area contributed by atoms with Gasteiger partial charge in [0.1, 0.15) is 11.4 Å². The first-order valence-corrected chi connectivity index (χ1v) is 5.42. The second kappa shape index (κ2) is 5.49. The molecule has 1 aromatic rings. The first-order valence-electron chi connectivity index (χ1n) is 5.42. The zero-order valence-electron chi connectivity index (χ0n) is 10.3. The van der Waals surface area contributed by atoms with Crippen molar-refractivity contribution in [2.24, 2.45) is 11.8 Å². The van der Waals surface area contributed by atoms with Gasteiger partial charge in [-0.25, -0.2) is 0 Å². The van der Waals surface area contributed by atoms with Gasteiger partial charge in [0.15, 0.2) is 0 Å². The van der Waals surface area contributed by atoms with Gasteiger partial charge in [-0.15, -0.1) is 0 Å². The van der Waals surface area contributed by atoms with E-state index in [2.05, 4.69) is 19.3 Å². The van der Waals surface area contributed by atoms with Crippen molar-refractivity contribution in [3.05, 3.63) is 28.3 Å². The van der Waals surface area contributed by atoms with E-state index >= 15 is 0 Å². The van der Waals surface area contributed by atoms with Gasteiger partial charge >= 0.3 is 5.69 Å². The van der Waals surface area contributed by atoms with E-state index in [-0.39, 0.29) is 5.69 Å². The lowest BCUT2D eigenvalue weighted by atomic mass is 10.1. The molecule has 0 aliphatic heterocycles. The molecule has 0 aromatic heterocycles. The van der Waals surface area contributed by atoms with E-state index in [1.54, 1.807) is 18.2 Å². The van der Waals surface area contributed by atoms with Gasteiger partial charge in [0.05, 0.1) is 4.92 Å². The second-order valence-corrected chi connectivity index (χ2v) is 4.35. The molecule has 6 heteroatoms. The van der Waals surface area contributed by atoms with E-state index in [9.17, 15) is 10.1 Å². The third-order valence-corrected chi connectivity index (χ3v) is 2.40. The normalized spacial score (nSPS) is 10.4. The smallest absolute Gasteiger partial charge is 0.316 e. The lowest BCUT2D eigenvalue weighted by Gasteiger charge is -2.21. The van der Waals surface area contributed by atoms with Crippen molar-refractivity contribution in [3.63, 3.8) is 0 Å². The van der Waals surface area contributed by atoms with Gasteiger partial charge in [-0.3, -0.25) is 16.0 Å². The van der Waals surface area contributed by atoms with Crippen LogP contribution in [0.2, 0.25) is 0 Å². The third-order valence-electron chi connectivity index (χ3n) is 2.40. The number of benzene rings is 1. The summed E-state index contributed by atoms with van der Waals surface area (Å²) in [6, 6.07) is 5.06. The van der Waals surface area contributed by atoms with E-state index in [4.69, 9.17) is 5.84 Å². The minimum Gasteiger partial charge on any atom is -0.369 e. The predicted octanol–water partition coefficient (Wildman–Crippen LogP) is 1.97. The molecule has 0 fully saturated rings. The standard InChI is InChI=1S/C11H18N4O2/c1-8(2)7-14(3)10-6-4-5-9(13-12)11(10)15(16)17/h4-6,8,13H,7,12H2,1-3H3. The van der Waals surface area contributed by atoms with Gasteiger partial charge in [-0.1, -0.05) is 19.9 Å². The number of anilines is 2. The fraction of sp³-hybridized carbons (Fsp3) is 0.455. The van der Waals surface area contributed by atoms with E-state index in [1.807, 2.05) is 11.9 Å². The number of rotatable bonds is 5. The van der Waals surface area contributed by atoms with Crippen LogP contribution in [-0.4, -0.2) is 18.5 Å². The number of para-hydroxylation sites is 1. The summed E-state index contributed by atoms with van der Waals surface area (Å²) in [7, 11) is 1.84. The molecule has 6 nitrogen and oxygen atoms in total. The van der Waals surface area contributed by atoms with Crippen LogP contribution in [0, 0.1) is 16.0 Å².